The number of benzene rings is 1. The molecule has 0 unspecified atom stereocenters. The van der Waals surface area contributed by atoms with Crippen LogP contribution in [0, 0.1) is 0 Å². The highest BCUT2D eigenvalue weighted by molar-refractivity contribution is 6.01. The van der Waals surface area contributed by atoms with Gasteiger partial charge in [0.1, 0.15) is 5.82 Å². The van der Waals surface area contributed by atoms with Gasteiger partial charge in [-0.3, -0.25) is 4.79 Å². The normalized spacial score (nSPS) is 13.9. The van der Waals surface area contributed by atoms with E-state index in [1.807, 2.05) is 41.3 Å². The standard InChI is InChI=1S/C14H14N4O/c15-13-7-10(5-6-16-13)8-18-9-14(19)17-11-3-1-2-4-12(11)18/h1-7H,8-9H2,(H2,15,16)(H,17,19). The Morgan fingerprint density at radius 1 is 1.32 bits per heavy atom. The third-order valence-electron chi connectivity index (χ3n) is 3.07. The van der Waals surface area contributed by atoms with Gasteiger partial charge in [-0.1, -0.05) is 12.1 Å². The van der Waals surface area contributed by atoms with Crippen LogP contribution in [0.2, 0.25) is 0 Å². The van der Waals surface area contributed by atoms with Crippen molar-refractivity contribution in [3.05, 3.63) is 48.2 Å². The lowest BCUT2D eigenvalue weighted by atomic mass is 10.1. The van der Waals surface area contributed by atoms with E-state index < -0.39 is 0 Å². The van der Waals surface area contributed by atoms with Crippen molar-refractivity contribution in [3.63, 3.8) is 0 Å². The summed E-state index contributed by atoms with van der Waals surface area (Å²) in [5.41, 5.74) is 8.59. The molecule has 0 radical (unpaired) electrons. The molecule has 0 fully saturated rings. The molecule has 1 aliphatic heterocycles. The van der Waals surface area contributed by atoms with Gasteiger partial charge in [-0.2, -0.15) is 0 Å². The number of rotatable bonds is 2. The molecule has 3 N–H and O–H groups in total. The van der Waals surface area contributed by atoms with Gasteiger partial charge in [-0.05, 0) is 29.8 Å². The van der Waals surface area contributed by atoms with Gasteiger partial charge in [-0.15, -0.1) is 0 Å². The molecule has 19 heavy (non-hydrogen) atoms. The first-order chi connectivity index (χ1) is 9.22. The van der Waals surface area contributed by atoms with E-state index in [9.17, 15) is 4.79 Å². The molecule has 2 aromatic rings. The monoisotopic (exact) mass is 254 g/mol. The minimum absolute atomic E-state index is 0.000674. The SMILES string of the molecule is Nc1cc(CN2CC(=O)Nc3ccccc32)ccn1. The van der Waals surface area contributed by atoms with Crippen LogP contribution in [0.25, 0.3) is 0 Å². The quantitative estimate of drug-likeness (QED) is 0.854. The Labute approximate surface area is 111 Å². The van der Waals surface area contributed by atoms with E-state index in [0.29, 0.717) is 18.9 Å². The van der Waals surface area contributed by atoms with Crippen molar-refractivity contribution in [2.75, 3.05) is 22.5 Å². The topological polar surface area (TPSA) is 71.2 Å². The fourth-order valence-corrected chi connectivity index (χ4v) is 2.26. The first-order valence-corrected chi connectivity index (χ1v) is 6.06. The number of fused-ring (bicyclic) bond motifs is 1. The number of carbonyl (C=O) groups is 1. The van der Waals surface area contributed by atoms with Crippen LogP contribution < -0.4 is 16.0 Å². The molecule has 0 aliphatic carbocycles. The Morgan fingerprint density at radius 2 is 2.16 bits per heavy atom. The van der Waals surface area contributed by atoms with Crippen LogP contribution in [0.4, 0.5) is 17.2 Å². The Morgan fingerprint density at radius 3 is 3.00 bits per heavy atom. The number of nitrogens with two attached hydrogens (primary N) is 1. The molecule has 0 spiro atoms. The van der Waals surface area contributed by atoms with Crippen molar-refractivity contribution in [1.29, 1.82) is 0 Å². The van der Waals surface area contributed by atoms with Gasteiger partial charge in [-0.25, -0.2) is 4.98 Å². The highest BCUT2D eigenvalue weighted by atomic mass is 16.2. The number of anilines is 3. The molecule has 1 aromatic heterocycles. The molecule has 5 nitrogen and oxygen atoms in total. The van der Waals surface area contributed by atoms with Crippen LogP contribution in [0.5, 0.6) is 0 Å². The van der Waals surface area contributed by atoms with Gasteiger partial charge < -0.3 is 16.0 Å². The summed E-state index contributed by atoms with van der Waals surface area (Å²) in [4.78, 5) is 17.7. The van der Waals surface area contributed by atoms with Gasteiger partial charge in [0.15, 0.2) is 0 Å². The van der Waals surface area contributed by atoms with Crippen LogP contribution in [-0.2, 0) is 11.3 Å². The maximum atomic E-state index is 11.7. The molecule has 3 rings (SSSR count). The molecule has 0 saturated carbocycles. The Bertz CT molecular complexity index is 626. The van der Waals surface area contributed by atoms with Crippen LogP contribution in [0.3, 0.4) is 0 Å². The molecule has 1 aliphatic rings. The maximum Gasteiger partial charge on any atom is 0.243 e. The minimum atomic E-state index is 0.000674. The number of para-hydroxylation sites is 2. The number of hydrogen-bond acceptors (Lipinski definition) is 4. The van der Waals surface area contributed by atoms with E-state index in [-0.39, 0.29) is 5.91 Å². The predicted molar refractivity (Wildman–Crippen MR) is 74.8 cm³/mol. The van der Waals surface area contributed by atoms with Crippen molar-refractivity contribution in [2.45, 2.75) is 6.54 Å². The van der Waals surface area contributed by atoms with Gasteiger partial charge >= 0.3 is 0 Å². The van der Waals surface area contributed by atoms with Gasteiger partial charge in [0, 0.05) is 12.7 Å². The van der Waals surface area contributed by atoms with E-state index in [2.05, 4.69) is 10.3 Å². The number of nitrogens with zero attached hydrogens (tertiary/aromatic N) is 2. The average Bonchev–Trinajstić information content (AvgIpc) is 2.38. The highest BCUT2D eigenvalue weighted by Crippen LogP contribution is 2.29. The molecule has 96 valence electrons. The van der Waals surface area contributed by atoms with Gasteiger partial charge in [0.25, 0.3) is 0 Å². The summed E-state index contributed by atoms with van der Waals surface area (Å²) in [6.45, 7) is 0.983. The zero-order valence-electron chi connectivity index (χ0n) is 10.3. The summed E-state index contributed by atoms with van der Waals surface area (Å²) in [5.74, 6) is 0.493. The summed E-state index contributed by atoms with van der Waals surface area (Å²) in [6, 6.07) is 11.5. The van der Waals surface area contributed by atoms with E-state index in [1.54, 1.807) is 6.20 Å². The molecule has 0 saturated heterocycles. The molecule has 0 atom stereocenters. The first-order valence-electron chi connectivity index (χ1n) is 6.06. The summed E-state index contributed by atoms with van der Waals surface area (Å²) in [5, 5.41) is 2.87. The lowest BCUT2D eigenvalue weighted by molar-refractivity contribution is -0.115. The zero-order chi connectivity index (χ0) is 13.2. The Hall–Kier alpha value is -2.56. The van der Waals surface area contributed by atoms with E-state index in [4.69, 9.17) is 5.73 Å². The molecule has 1 amide bonds. The number of hydrogen-bond donors (Lipinski definition) is 2. The number of nitrogen functional groups attached to an aromatic ring is 1. The average molecular weight is 254 g/mol. The third kappa shape index (κ3) is 2.35. The second-order valence-electron chi connectivity index (χ2n) is 4.51. The van der Waals surface area contributed by atoms with Crippen molar-refractivity contribution >= 4 is 23.1 Å². The lowest BCUT2D eigenvalue weighted by Gasteiger charge is -2.30. The van der Waals surface area contributed by atoms with E-state index in [1.165, 1.54) is 0 Å². The van der Waals surface area contributed by atoms with Crippen molar-refractivity contribution in [2.24, 2.45) is 0 Å². The molecular formula is C14H14N4O. The predicted octanol–water partition coefficient (Wildman–Crippen LogP) is 1.62. The van der Waals surface area contributed by atoms with Crippen molar-refractivity contribution < 1.29 is 4.79 Å². The number of aromatic nitrogens is 1. The fraction of sp³-hybridized carbons (Fsp3) is 0.143. The van der Waals surface area contributed by atoms with Crippen LogP contribution >= 0.6 is 0 Å². The number of nitrogens with one attached hydrogen (secondary N) is 1. The smallest absolute Gasteiger partial charge is 0.243 e. The summed E-state index contributed by atoms with van der Waals surface area (Å²) in [7, 11) is 0. The molecule has 5 heteroatoms. The minimum Gasteiger partial charge on any atom is -0.384 e. The molecule has 2 heterocycles. The molecule has 1 aromatic carbocycles. The number of carbonyl (C=O) groups excluding carboxylic acids is 1. The van der Waals surface area contributed by atoms with Gasteiger partial charge in [0.2, 0.25) is 5.91 Å². The van der Waals surface area contributed by atoms with E-state index in [0.717, 1.165) is 16.9 Å². The summed E-state index contributed by atoms with van der Waals surface area (Å²) >= 11 is 0. The summed E-state index contributed by atoms with van der Waals surface area (Å²) in [6.07, 6.45) is 1.68. The highest BCUT2D eigenvalue weighted by Gasteiger charge is 2.21. The third-order valence-corrected chi connectivity index (χ3v) is 3.07. The second-order valence-corrected chi connectivity index (χ2v) is 4.51. The summed E-state index contributed by atoms with van der Waals surface area (Å²) < 4.78 is 0. The lowest BCUT2D eigenvalue weighted by Crippen LogP contribution is -2.37. The van der Waals surface area contributed by atoms with Gasteiger partial charge in [0.05, 0.1) is 17.9 Å². The zero-order valence-corrected chi connectivity index (χ0v) is 10.3. The number of amides is 1. The van der Waals surface area contributed by atoms with Crippen molar-refractivity contribution in [3.8, 4) is 0 Å². The fourth-order valence-electron chi connectivity index (χ4n) is 2.26. The van der Waals surface area contributed by atoms with Crippen molar-refractivity contribution in [1.82, 2.24) is 4.98 Å². The Balaban J connectivity index is 1.91. The largest absolute Gasteiger partial charge is 0.384 e. The first kappa shape index (κ1) is 11.5. The second kappa shape index (κ2) is 4.61. The maximum absolute atomic E-state index is 11.7. The van der Waals surface area contributed by atoms with Crippen LogP contribution in [-0.4, -0.2) is 17.4 Å². The van der Waals surface area contributed by atoms with Crippen LogP contribution in [0.15, 0.2) is 42.6 Å². The van der Waals surface area contributed by atoms with Crippen LogP contribution in [0.1, 0.15) is 5.56 Å². The molecular weight excluding hydrogens is 240 g/mol. The Kier molecular flexibility index (Phi) is 2.79. The number of pyridine rings is 1. The molecule has 0 bridgehead atoms. The van der Waals surface area contributed by atoms with E-state index >= 15 is 0 Å².